The number of carbonyl (C=O) groups excluding carboxylic acids is 1. The van der Waals surface area contributed by atoms with E-state index in [1.807, 2.05) is 0 Å². The molecule has 78 valence electrons. The van der Waals surface area contributed by atoms with E-state index in [1.54, 1.807) is 18.4 Å². The SMILES string of the molecule is Cc1nnc(NC(=O)c2csc(I)c2)o1. The van der Waals surface area contributed by atoms with Crippen molar-refractivity contribution in [2.75, 3.05) is 5.32 Å². The number of aryl methyl sites for hydroxylation is 1. The maximum atomic E-state index is 11.6. The minimum Gasteiger partial charge on any atom is -0.408 e. The largest absolute Gasteiger partial charge is 0.408 e. The first-order valence-electron chi connectivity index (χ1n) is 4.00. The average molecular weight is 335 g/mol. The molecule has 0 spiro atoms. The Labute approximate surface area is 103 Å². The van der Waals surface area contributed by atoms with Gasteiger partial charge in [0.2, 0.25) is 5.89 Å². The molecule has 7 heteroatoms. The molecule has 0 fully saturated rings. The van der Waals surface area contributed by atoms with Gasteiger partial charge >= 0.3 is 6.01 Å². The molecule has 1 amide bonds. The van der Waals surface area contributed by atoms with Crippen LogP contribution in [0.5, 0.6) is 0 Å². The van der Waals surface area contributed by atoms with Gasteiger partial charge in [0, 0.05) is 12.3 Å². The molecule has 0 aromatic carbocycles. The molecule has 0 saturated carbocycles. The van der Waals surface area contributed by atoms with Gasteiger partial charge in [-0.25, -0.2) is 0 Å². The summed E-state index contributed by atoms with van der Waals surface area (Å²) in [5.74, 6) is 0.183. The molecule has 0 radical (unpaired) electrons. The number of rotatable bonds is 2. The van der Waals surface area contributed by atoms with Gasteiger partial charge in [0.25, 0.3) is 5.91 Å². The van der Waals surface area contributed by atoms with E-state index in [4.69, 9.17) is 4.42 Å². The fourth-order valence-corrected chi connectivity index (χ4v) is 2.27. The normalized spacial score (nSPS) is 10.3. The fourth-order valence-electron chi connectivity index (χ4n) is 0.946. The minimum atomic E-state index is -0.238. The van der Waals surface area contributed by atoms with Crippen molar-refractivity contribution < 1.29 is 9.21 Å². The summed E-state index contributed by atoms with van der Waals surface area (Å²) in [7, 11) is 0. The third-order valence-corrected chi connectivity index (χ3v) is 3.37. The van der Waals surface area contributed by atoms with Crippen molar-refractivity contribution in [2.45, 2.75) is 6.92 Å². The highest BCUT2D eigenvalue weighted by atomic mass is 127. The van der Waals surface area contributed by atoms with Gasteiger partial charge < -0.3 is 4.42 Å². The molecule has 1 N–H and O–H groups in total. The van der Waals surface area contributed by atoms with Crippen molar-refractivity contribution in [3.63, 3.8) is 0 Å². The van der Waals surface area contributed by atoms with E-state index in [-0.39, 0.29) is 11.9 Å². The minimum absolute atomic E-state index is 0.124. The van der Waals surface area contributed by atoms with E-state index in [9.17, 15) is 4.79 Å². The predicted octanol–water partition coefficient (Wildman–Crippen LogP) is 2.30. The summed E-state index contributed by atoms with van der Waals surface area (Å²) in [6, 6.07) is 1.92. The van der Waals surface area contributed by atoms with Crippen LogP contribution in [0.2, 0.25) is 0 Å². The monoisotopic (exact) mass is 335 g/mol. The quantitative estimate of drug-likeness (QED) is 0.855. The van der Waals surface area contributed by atoms with Gasteiger partial charge in [-0.1, -0.05) is 5.10 Å². The van der Waals surface area contributed by atoms with Crippen molar-refractivity contribution in [2.24, 2.45) is 0 Å². The van der Waals surface area contributed by atoms with E-state index >= 15 is 0 Å². The molecule has 2 aromatic heterocycles. The Balaban J connectivity index is 2.10. The number of carbonyl (C=O) groups is 1. The van der Waals surface area contributed by atoms with Gasteiger partial charge in [0.1, 0.15) is 0 Å². The molecule has 0 aliphatic carbocycles. The van der Waals surface area contributed by atoms with Gasteiger partial charge in [-0.2, -0.15) is 0 Å². The van der Waals surface area contributed by atoms with E-state index in [2.05, 4.69) is 38.1 Å². The molecule has 2 aromatic rings. The second-order valence-corrected chi connectivity index (χ2v) is 5.53. The molecule has 0 atom stereocenters. The highest BCUT2D eigenvalue weighted by Gasteiger charge is 2.11. The lowest BCUT2D eigenvalue weighted by Gasteiger charge is -1.95. The molecular weight excluding hydrogens is 329 g/mol. The van der Waals surface area contributed by atoms with Crippen LogP contribution in [0.25, 0.3) is 0 Å². The van der Waals surface area contributed by atoms with Gasteiger partial charge in [0.15, 0.2) is 0 Å². The Bertz CT molecular complexity index is 494. The molecule has 0 aliphatic heterocycles. The van der Waals surface area contributed by atoms with E-state index in [0.29, 0.717) is 11.5 Å². The molecule has 2 heterocycles. The lowest BCUT2D eigenvalue weighted by Crippen LogP contribution is -2.10. The molecular formula is C8H6IN3O2S. The highest BCUT2D eigenvalue weighted by molar-refractivity contribution is 14.1. The third-order valence-electron chi connectivity index (χ3n) is 1.58. The average Bonchev–Trinajstić information content (AvgIpc) is 2.75. The first-order valence-corrected chi connectivity index (χ1v) is 5.96. The molecule has 15 heavy (non-hydrogen) atoms. The second kappa shape index (κ2) is 4.27. The van der Waals surface area contributed by atoms with Crippen molar-refractivity contribution in [1.29, 1.82) is 0 Å². The summed E-state index contributed by atoms with van der Waals surface area (Å²) >= 11 is 3.66. The van der Waals surface area contributed by atoms with E-state index in [0.717, 1.165) is 2.88 Å². The van der Waals surface area contributed by atoms with Crippen LogP contribution >= 0.6 is 33.9 Å². The predicted molar refractivity (Wildman–Crippen MR) is 64.0 cm³/mol. The first kappa shape index (κ1) is 10.6. The van der Waals surface area contributed by atoms with Crippen molar-refractivity contribution in [3.8, 4) is 0 Å². The van der Waals surface area contributed by atoms with Gasteiger partial charge in [-0.3, -0.25) is 10.1 Å². The maximum absolute atomic E-state index is 11.6. The lowest BCUT2D eigenvalue weighted by atomic mass is 10.3. The molecule has 2 rings (SSSR count). The van der Waals surface area contributed by atoms with Gasteiger partial charge in [-0.15, -0.1) is 16.4 Å². The van der Waals surface area contributed by atoms with Crippen molar-refractivity contribution >= 4 is 45.8 Å². The summed E-state index contributed by atoms with van der Waals surface area (Å²) in [4.78, 5) is 11.6. The van der Waals surface area contributed by atoms with Crippen LogP contribution in [0.4, 0.5) is 6.01 Å². The Kier molecular flexibility index (Phi) is 3.00. The maximum Gasteiger partial charge on any atom is 0.322 e. The number of anilines is 1. The van der Waals surface area contributed by atoms with Crippen molar-refractivity contribution in [3.05, 3.63) is 25.8 Å². The standard InChI is InChI=1S/C8H6IN3O2S/c1-4-11-12-8(14-4)10-7(13)5-2-6(9)15-3-5/h2-3H,1H3,(H,10,12,13). The van der Waals surface area contributed by atoms with Crippen LogP contribution < -0.4 is 5.32 Å². The Morgan fingerprint density at radius 3 is 2.93 bits per heavy atom. The van der Waals surface area contributed by atoms with Crippen LogP contribution in [0.1, 0.15) is 16.2 Å². The number of amides is 1. The topological polar surface area (TPSA) is 68.0 Å². The zero-order valence-corrected chi connectivity index (χ0v) is 10.6. The molecule has 0 unspecified atom stereocenters. The zero-order chi connectivity index (χ0) is 10.8. The summed E-state index contributed by atoms with van der Waals surface area (Å²) < 4.78 is 6.08. The number of hydrogen-bond acceptors (Lipinski definition) is 5. The number of nitrogens with zero attached hydrogens (tertiary/aromatic N) is 2. The molecule has 5 nitrogen and oxygen atoms in total. The van der Waals surface area contributed by atoms with Crippen LogP contribution in [-0.2, 0) is 0 Å². The molecule has 0 aliphatic rings. The van der Waals surface area contributed by atoms with Crippen LogP contribution in [-0.4, -0.2) is 16.1 Å². The van der Waals surface area contributed by atoms with Gasteiger partial charge in [-0.05, 0) is 28.7 Å². The summed E-state index contributed by atoms with van der Waals surface area (Å²) in [5.41, 5.74) is 0.597. The number of nitrogens with one attached hydrogen (secondary N) is 1. The lowest BCUT2D eigenvalue weighted by molar-refractivity contribution is 0.102. The third kappa shape index (κ3) is 2.53. The Morgan fingerprint density at radius 2 is 2.40 bits per heavy atom. The van der Waals surface area contributed by atoms with Crippen molar-refractivity contribution in [1.82, 2.24) is 10.2 Å². The number of hydrogen-bond donors (Lipinski definition) is 1. The number of halogens is 1. The smallest absolute Gasteiger partial charge is 0.322 e. The van der Waals surface area contributed by atoms with E-state index < -0.39 is 0 Å². The molecule has 0 bridgehead atoms. The Hall–Kier alpha value is -0.960. The van der Waals surface area contributed by atoms with Crippen LogP contribution in [0, 0.1) is 9.81 Å². The highest BCUT2D eigenvalue weighted by Crippen LogP contribution is 2.17. The fraction of sp³-hybridized carbons (Fsp3) is 0.125. The Morgan fingerprint density at radius 1 is 1.60 bits per heavy atom. The first-order chi connectivity index (χ1) is 7.15. The summed E-state index contributed by atoms with van der Waals surface area (Å²) in [6.45, 7) is 1.66. The number of aromatic nitrogens is 2. The van der Waals surface area contributed by atoms with Crippen LogP contribution in [0.15, 0.2) is 15.9 Å². The van der Waals surface area contributed by atoms with Crippen LogP contribution in [0.3, 0.4) is 0 Å². The summed E-state index contributed by atoms with van der Waals surface area (Å²) in [6.07, 6.45) is 0. The van der Waals surface area contributed by atoms with Gasteiger partial charge in [0.05, 0.1) is 8.45 Å². The van der Waals surface area contributed by atoms with E-state index in [1.165, 1.54) is 11.3 Å². The second-order valence-electron chi connectivity index (χ2n) is 2.72. The number of thiophene rings is 1. The zero-order valence-electron chi connectivity index (χ0n) is 7.65. The molecule has 0 saturated heterocycles. The summed E-state index contributed by atoms with van der Waals surface area (Å²) in [5, 5.41) is 11.6.